The highest BCUT2D eigenvalue weighted by Crippen LogP contribution is 2.33. The molecule has 23 nitrogen and oxygen atoms in total. The molecule has 8 N–H and O–H groups in total. The van der Waals surface area contributed by atoms with Crippen LogP contribution in [0.4, 0.5) is 17.6 Å². The van der Waals surface area contributed by atoms with Crippen LogP contribution in [0.15, 0.2) is 66.9 Å². The number of allylic oxidation sites excluding steroid dienone is 3. The number of amides is 4. The minimum absolute atomic E-state index is 0.00679. The summed E-state index contributed by atoms with van der Waals surface area (Å²) in [5, 5.41) is 18.8. The fourth-order valence-corrected chi connectivity index (χ4v) is 7.36. The number of ether oxygens (including phenoxy) is 3. The number of nitrogens with two attached hydrogens (primary N) is 3. The normalized spacial score (nSPS) is 11.6. The third-order valence-electron chi connectivity index (χ3n) is 10.4. The van der Waals surface area contributed by atoms with Gasteiger partial charge in [-0.25, -0.2) is 14.8 Å². The molecule has 0 bridgehead atoms. The monoisotopic (exact) mass is 915 g/mol. The van der Waals surface area contributed by atoms with Gasteiger partial charge in [0.1, 0.15) is 40.5 Å². The number of imidazole rings is 2. The second kappa shape index (κ2) is 19.5. The number of esters is 1. The number of carbonyl (C=O) groups excluding carboxylic acids is 5. The fraction of sp³-hybridized carbons (Fsp3) is 0.273. The van der Waals surface area contributed by atoms with Crippen LogP contribution in [0.25, 0.3) is 22.1 Å². The van der Waals surface area contributed by atoms with E-state index in [4.69, 9.17) is 36.4 Å². The molecule has 0 saturated carbocycles. The van der Waals surface area contributed by atoms with E-state index in [1.54, 1.807) is 68.8 Å². The van der Waals surface area contributed by atoms with Crippen LogP contribution in [-0.4, -0.2) is 98.9 Å². The van der Waals surface area contributed by atoms with Crippen molar-refractivity contribution in [3.05, 3.63) is 106 Å². The van der Waals surface area contributed by atoms with Crippen molar-refractivity contribution in [2.75, 3.05) is 37.2 Å². The van der Waals surface area contributed by atoms with Gasteiger partial charge in [-0.05, 0) is 70.2 Å². The molecular weight excluding hydrogens is 867 g/mol. The van der Waals surface area contributed by atoms with Crippen LogP contribution >= 0.6 is 0 Å². The molecule has 0 aliphatic heterocycles. The molecule has 23 heteroatoms. The third kappa shape index (κ3) is 9.69. The molecule has 5 heterocycles. The molecule has 0 spiro atoms. The van der Waals surface area contributed by atoms with Crippen LogP contribution < -0.4 is 37.3 Å². The predicted octanol–water partition coefficient (Wildman–Crippen LogP) is 3.60. The molecule has 67 heavy (non-hydrogen) atoms. The Kier molecular flexibility index (Phi) is 13.5. The van der Waals surface area contributed by atoms with Crippen LogP contribution in [0.5, 0.6) is 11.5 Å². The van der Waals surface area contributed by atoms with Crippen molar-refractivity contribution < 1.29 is 38.2 Å². The maximum absolute atomic E-state index is 13.9. The number of primary amides is 2. The van der Waals surface area contributed by atoms with Crippen LogP contribution in [0, 0.1) is 13.8 Å². The summed E-state index contributed by atoms with van der Waals surface area (Å²) < 4.78 is 24.7. The van der Waals surface area contributed by atoms with Crippen molar-refractivity contribution in [3.63, 3.8) is 0 Å². The summed E-state index contributed by atoms with van der Waals surface area (Å²) >= 11 is 0. The molecule has 0 radical (unpaired) electrons. The molecule has 348 valence electrons. The topological polar surface area (TPSA) is 304 Å². The molecule has 7 rings (SSSR count). The van der Waals surface area contributed by atoms with Crippen LogP contribution in [0.2, 0.25) is 0 Å². The number of hydrogen-bond donors (Lipinski definition) is 5. The first-order chi connectivity index (χ1) is 32.1. The Morgan fingerprint density at radius 1 is 0.672 bits per heavy atom. The smallest absolute Gasteiger partial charge is 0.360 e. The second-order valence-corrected chi connectivity index (χ2v) is 15.0. The summed E-state index contributed by atoms with van der Waals surface area (Å²) in [5.74, 6) is -2.24. The lowest BCUT2D eigenvalue weighted by molar-refractivity contribution is 0.0593. The number of anilines is 3. The Balaban J connectivity index is 1.25. The molecule has 0 atom stereocenters. The minimum atomic E-state index is -0.731. The van der Waals surface area contributed by atoms with Gasteiger partial charge in [0, 0.05) is 43.5 Å². The average Bonchev–Trinajstić information content (AvgIpc) is 4.13. The second-order valence-electron chi connectivity index (χ2n) is 15.0. The minimum Gasteiger partial charge on any atom is -0.494 e. The SMILES string of the molecule is CCn1nc(C)cc1C(=O)Nc1nc2cc(C(N)=O)cc(OC)c2n1C/C=C/Cn1c(NC(=O)c2cc(C)nn2CC)nc2cc(C(N)=O)cc(OC/C=C/Cn3cc(N)c(C(=O)OC)n3)c21. The lowest BCUT2D eigenvalue weighted by Gasteiger charge is -2.13. The lowest BCUT2D eigenvalue weighted by atomic mass is 10.1. The van der Waals surface area contributed by atoms with E-state index in [1.807, 2.05) is 13.8 Å². The quantitative estimate of drug-likeness (QED) is 0.0572. The maximum atomic E-state index is 13.9. The summed E-state index contributed by atoms with van der Waals surface area (Å²) in [6.07, 6.45) is 8.56. The summed E-state index contributed by atoms with van der Waals surface area (Å²) in [6.45, 7) is 8.66. The van der Waals surface area contributed by atoms with E-state index in [9.17, 15) is 24.0 Å². The van der Waals surface area contributed by atoms with Gasteiger partial charge >= 0.3 is 5.97 Å². The highest BCUT2D eigenvalue weighted by Gasteiger charge is 2.24. The molecule has 0 aliphatic carbocycles. The first-order valence-corrected chi connectivity index (χ1v) is 20.9. The van der Waals surface area contributed by atoms with Gasteiger partial charge in [-0.2, -0.15) is 15.3 Å². The highest BCUT2D eigenvalue weighted by atomic mass is 16.5. The summed E-state index contributed by atoms with van der Waals surface area (Å²) in [6, 6.07) is 9.34. The molecule has 0 fully saturated rings. The van der Waals surface area contributed by atoms with Gasteiger partial charge in [-0.15, -0.1) is 0 Å². The molecule has 5 aromatic heterocycles. The van der Waals surface area contributed by atoms with E-state index >= 15 is 0 Å². The Morgan fingerprint density at radius 2 is 1.16 bits per heavy atom. The molecular formula is C44H49N15O8. The average molecular weight is 916 g/mol. The van der Waals surface area contributed by atoms with Gasteiger partial charge < -0.3 is 40.5 Å². The molecule has 0 unspecified atom stereocenters. The molecule has 2 aromatic carbocycles. The number of nitrogens with zero attached hydrogens (tertiary/aromatic N) is 10. The van der Waals surface area contributed by atoms with E-state index in [0.717, 1.165) is 0 Å². The number of methoxy groups -OCH3 is 2. The molecule has 4 amide bonds. The number of nitrogen functional groups attached to an aromatic ring is 1. The van der Waals surface area contributed by atoms with Crippen LogP contribution in [0.3, 0.4) is 0 Å². The molecule has 7 aromatic rings. The summed E-state index contributed by atoms with van der Waals surface area (Å²) in [5.41, 5.74) is 21.2. The van der Waals surface area contributed by atoms with E-state index < -0.39 is 29.6 Å². The van der Waals surface area contributed by atoms with Crippen molar-refractivity contribution >= 4 is 69.2 Å². The zero-order valence-electron chi connectivity index (χ0n) is 37.6. The lowest BCUT2D eigenvalue weighted by Crippen LogP contribution is -2.20. The van der Waals surface area contributed by atoms with Gasteiger partial charge in [0.25, 0.3) is 11.8 Å². The molecule has 0 aliphatic rings. The number of carbonyl (C=O) groups is 5. The largest absolute Gasteiger partial charge is 0.494 e. The van der Waals surface area contributed by atoms with Crippen LogP contribution in [-0.2, 0) is 37.5 Å². The number of aromatic nitrogens is 10. The number of benzene rings is 2. The molecule has 0 saturated heterocycles. The van der Waals surface area contributed by atoms with Crippen molar-refractivity contribution in [3.8, 4) is 11.5 Å². The van der Waals surface area contributed by atoms with Gasteiger partial charge in [-0.3, -0.25) is 43.9 Å². The fourth-order valence-electron chi connectivity index (χ4n) is 7.36. The number of nitrogens with one attached hydrogen (secondary N) is 2. The number of rotatable bonds is 19. The number of fused-ring (bicyclic) bond motifs is 2. The Labute approximate surface area is 382 Å². The zero-order valence-corrected chi connectivity index (χ0v) is 37.6. The summed E-state index contributed by atoms with van der Waals surface area (Å²) in [7, 11) is 2.68. The van der Waals surface area contributed by atoms with Crippen molar-refractivity contribution in [1.29, 1.82) is 0 Å². The zero-order chi connectivity index (χ0) is 48.1. The maximum Gasteiger partial charge on any atom is 0.360 e. The van der Waals surface area contributed by atoms with Gasteiger partial charge in [0.2, 0.25) is 23.7 Å². The van der Waals surface area contributed by atoms with Crippen molar-refractivity contribution in [1.82, 2.24) is 48.4 Å². The number of aryl methyl sites for hydroxylation is 4. The number of hydrogen-bond acceptors (Lipinski definition) is 14. The van der Waals surface area contributed by atoms with Crippen LogP contribution in [0.1, 0.15) is 77.4 Å². The Bertz CT molecular complexity index is 3130. The van der Waals surface area contributed by atoms with E-state index in [1.165, 1.54) is 49.4 Å². The van der Waals surface area contributed by atoms with Crippen molar-refractivity contribution in [2.24, 2.45) is 11.5 Å². The Morgan fingerprint density at radius 3 is 1.64 bits per heavy atom. The van der Waals surface area contributed by atoms with E-state index in [2.05, 4.69) is 30.9 Å². The first kappa shape index (κ1) is 46.2. The van der Waals surface area contributed by atoms with Gasteiger partial charge in [0.05, 0.1) is 48.9 Å². The van der Waals surface area contributed by atoms with E-state index in [-0.39, 0.29) is 72.1 Å². The van der Waals surface area contributed by atoms with E-state index in [0.29, 0.717) is 57.9 Å². The summed E-state index contributed by atoms with van der Waals surface area (Å²) in [4.78, 5) is 73.8. The predicted molar refractivity (Wildman–Crippen MR) is 246 cm³/mol. The highest BCUT2D eigenvalue weighted by molar-refractivity contribution is 6.05. The first-order valence-electron chi connectivity index (χ1n) is 20.9. The van der Waals surface area contributed by atoms with Gasteiger partial charge in [0.15, 0.2) is 5.69 Å². The van der Waals surface area contributed by atoms with Gasteiger partial charge in [-0.1, -0.05) is 18.2 Å². The standard InChI is InChI=1S/C44H49N15O8/c1-7-58-31(17-24(3)52-58)40(62)50-43-48-29-19-26(38(46)60)21-33(65-5)36(29)56(43)14-9-10-15-57-37-30(49-44(57)51-41(63)32-18-25(4)53-59(32)8-2)20-27(39(47)61)22-34(37)67-16-12-11-13-55-23-28(45)35(54-55)42(64)66-6/h9-12,17-23H,7-8,13-16,45H2,1-6H3,(H2,46,60)(H2,47,61)(H,48,50,62)(H,49,51,63)/b10-9+,12-11+. The Hall–Kier alpha value is -8.76. The third-order valence-corrected chi connectivity index (χ3v) is 10.4. The van der Waals surface area contributed by atoms with Crippen molar-refractivity contribution in [2.45, 2.75) is 60.4 Å².